The van der Waals surface area contributed by atoms with E-state index in [2.05, 4.69) is 10.2 Å². The lowest BCUT2D eigenvalue weighted by atomic mass is 10.3. The van der Waals surface area contributed by atoms with Gasteiger partial charge in [-0.2, -0.15) is 0 Å². The topological polar surface area (TPSA) is 89.8 Å². The van der Waals surface area contributed by atoms with Crippen molar-refractivity contribution in [1.82, 2.24) is 24.8 Å². The number of aromatic nitrogens is 3. The van der Waals surface area contributed by atoms with Gasteiger partial charge in [-0.1, -0.05) is 12.1 Å². The molecule has 27 heavy (non-hydrogen) atoms. The van der Waals surface area contributed by atoms with Gasteiger partial charge in [0.25, 0.3) is 0 Å². The predicted octanol–water partition coefficient (Wildman–Crippen LogP) is 2.54. The number of hydrogen-bond donors (Lipinski definition) is 0. The Morgan fingerprint density at radius 3 is 1.96 bits per heavy atom. The third kappa shape index (κ3) is 3.97. The molecule has 0 aliphatic carbocycles. The van der Waals surface area contributed by atoms with Crippen LogP contribution in [0.3, 0.4) is 0 Å². The zero-order valence-corrected chi connectivity index (χ0v) is 15.4. The van der Waals surface area contributed by atoms with E-state index in [-0.39, 0.29) is 11.5 Å². The summed E-state index contributed by atoms with van der Waals surface area (Å²) in [5.41, 5.74) is 1.84. The van der Waals surface area contributed by atoms with Crippen LogP contribution >= 0.6 is 0 Å². The van der Waals surface area contributed by atoms with Gasteiger partial charge in [-0.05, 0) is 24.3 Å². The average Bonchev–Trinajstić information content (AvgIpc) is 3.05. The van der Waals surface area contributed by atoms with Crippen LogP contribution in [0.5, 0.6) is 11.5 Å². The van der Waals surface area contributed by atoms with Gasteiger partial charge in [0.2, 0.25) is 0 Å². The Balaban J connectivity index is 2.03. The Bertz CT molecular complexity index is 963. The van der Waals surface area contributed by atoms with Gasteiger partial charge in [0.05, 0.1) is 0 Å². The summed E-state index contributed by atoms with van der Waals surface area (Å²) in [5, 5.41) is 8.80. The molecule has 0 spiro atoms. The molecule has 3 aromatic rings. The van der Waals surface area contributed by atoms with Gasteiger partial charge in [0, 0.05) is 34.3 Å². The zero-order chi connectivity index (χ0) is 19.6. The van der Waals surface area contributed by atoms with Crippen molar-refractivity contribution in [3.8, 4) is 17.2 Å². The monoisotopic (exact) mass is 369 g/mol. The largest absolute Gasteiger partial charge is 0.414 e. The van der Waals surface area contributed by atoms with Crippen molar-refractivity contribution in [3.05, 3.63) is 42.5 Å². The maximum Gasteiger partial charge on any atom is 0.414 e. The second-order valence-corrected chi connectivity index (χ2v) is 6.13. The minimum absolute atomic E-state index is 0.165. The summed E-state index contributed by atoms with van der Waals surface area (Å²) in [7, 11) is 6.28. The van der Waals surface area contributed by atoms with Crippen molar-refractivity contribution < 1.29 is 19.1 Å². The number of fused-ring (bicyclic) bond motifs is 1. The lowest BCUT2D eigenvalue weighted by Gasteiger charge is -2.15. The van der Waals surface area contributed by atoms with Crippen molar-refractivity contribution in [1.29, 1.82) is 0 Å². The Morgan fingerprint density at radius 2 is 1.41 bits per heavy atom. The van der Waals surface area contributed by atoms with E-state index in [0.717, 1.165) is 0 Å². The highest BCUT2D eigenvalue weighted by Crippen LogP contribution is 2.29. The van der Waals surface area contributed by atoms with Crippen LogP contribution in [0.15, 0.2) is 42.5 Å². The summed E-state index contributed by atoms with van der Waals surface area (Å²) in [6.45, 7) is 0. The van der Waals surface area contributed by atoms with Crippen LogP contribution < -0.4 is 9.47 Å². The van der Waals surface area contributed by atoms with E-state index in [1.807, 2.05) is 24.3 Å². The Labute approximate surface area is 155 Å². The molecular weight excluding hydrogens is 350 g/mol. The van der Waals surface area contributed by atoms with E-state index in [0.29, 0.717) is 16.7 Å². The number of amides is 2. The van der Waals surface area contributed by atoms with Crippen LogP contribution in [0, 0.1) is 0 Å². The highest BCUT2D eigenvalue weighted by molar-refractivity contribution is 5.75. The molecule has 1 heterocycles. The maximum atomic E-state index is 12.0. The van der Waals surface area contributed by atoms with Crippen molar-refractivity contribution >= 4 is 23.2 Å². The molecule has 0 radical (unpaired) electrons. The van der Waals surface area contributed by atoms with Crippen LogP contribution in [-0.4, -0.2) is 65.2 Å². The summed E-state index contributed by atoms with van der Waals surface area (Å²) in [5.74, 6) is 0.397. The lowest BCUT2D eigenvalue weighted by molar-refractivity contribution is 0.170. The summed E-state index contributed by atoms with van der Waals surface area (Å²) in [4.78, 5) is 27.8. The second kappa shape index (κ2) is 7.32. The second-order valence-electron chi connectivity index (χ2n) is 6.13. The number of nitrogens with zero attached hydrogens (tertiary/aromatic N) is 5. The summed E-state index contributed by atoms with van der Waals surface area (Å²) < 4.78 is 10.7. The fourth-order valence-corrected chi connectivity index (χ4v) is 2.15. The van der Waals surface area contributed by atoms with Crippen LogP contribution in [-0.2, 0) is 0 Å². The molecule has 1 aromatic heterocycles. The van der Waals surface area contributed by atoms with Gasteiger partial charge in [-0.3, -0.25) is 0 Å². The molecule has 2 aromatic carbocycles. The predicted molar refractivity (Wildman–Crippen MR) is 98.3 cm³/mol. The third-order valence-corrected chi connectivity index (χ3v) is 3.57. The third-order valence-electron chi connectivity index (χ3n) is 3.57. The number of carbonyl (C=O) groups excluding carboxylic acids is 2. The molecule has 9 nitrogen and oxygen atoms in total. The molecule has 0 saturated heterocycles. The smallest absolute Gasteiger partial charge is 0.410 e. The van der Waals surface area contributed by atoms with E-state index < -0.39 is 12.2 Å². The Hall–Kier alpha value is -3.62. The normalized spacial score (nSPS) is 10.5. The fraction of sp³-hybridized carbons (Fsp3) is 0.222. The maximum absolute atomic E-state index is 12.0. The van der Waals surface area contributed by atoms with Gasteiger partial charge in [-0.25, -0.2) is 9.59 Å². The minimum atomic E-state index is -0.580. The highest BCUT2D eigenvalue weighted by atomic mass is 16.6. The summed E-state index contributed by atoms with van der Waals surface area (Å²) in [6, 6.07) is 12.0. The number of ether oxygens (including phenoxy) is 2. The zero-order valence-electron chi connectivity index (χ0n) is 15.4. The number of benzene rings is 2. The van der Waals surface area contributed by atoms with E-state index in [1.54, 1.807) is 40.3 Å². The first-order valence-electron chi connectivity index (χ1n) is 8.10. The molecule has 140 valence electrons. The standard InChI is InChI=1S/C18H19N5O4/c1-21(2)17(24)26-12-9-10-15(16(11-12)27-18(25)22(3)4)23-19-13-7-5-6-8-14(13)20-23/h5-11H,1-4H3. The van der Waals surface area contributed by atoms with Crippen LogP contribution in [0.2, 0.25) is 0 Å². The van der Waals surface area contributed by atoms with Gasteiger partial charge in [0.1, 0.15) is 22.5 Å². The molecule has 0 N–H and O–H groups in total. The fourth-order valence-electron chi connectivity index (χ4n) is 2.15. The SMILES string of the molecule is CN(C)C(=O)Oc1ccc(-n2nc3ccccc3n2)c(OC(=O)N(C)C)c1. The van der Waals surface area contributed by atoms with Gasteiger partial charge in [-0.15, -0.1) is 15.0 Å². The molecule has 0 unspecified atom stereocenters. The van der Waals surface area contributed by atoms with Gasteiger partial charge in [0.15, 0.2) is 5.75 Å². The van der Waals surface area contributed by atoms with E-state index in [1.165, 1.54) is 20.7 Å². The molecular formula is C18H19N5O4. The van der Waals surface area contributed by atoms with Crippen LogP contribution in [0.4, 0.5) is 9.59 Å². The Morgan fingerprint density at radius 1 is 0.852 bits per heavy atom. The number of hydrogen-bond acceptors (Lipinski definition) is 6. The molecule has 0 aliphatic heterocycles. The van der Waals surface area contributed by atoms with Crippen molar-refractivity contribution in [2.24, 2.45) is 0 Å². The molecule has 9 heteroatoms. The van der Waals surface area contributed by atoms with Crippen molar-refractivity contribution in [2.45, 2.75) is 0 Å². The first kappa shape index (κ1) is 18.2. The molecule has 0 saturated carbocycles. The van der Waals surface area contributed by atoms with E-state index >= 15 is 0 Å². The summed E-state index contributed by atoms with van der Waals surface area (Å²) in [6.07, 6.45) is -1.13. The molecule has 0 bridgehead atoms. The highest BCUT2D eigenvalue weighted by Gasteiger charge is 2.17. The molecule has 0 atom stereocenters. The van der Waals surface area contributed by atoms with Crippen molar-refractivity contribution in [2.75, 3.05) is 28.2 Å². The van der Waals surface area contributed by atoms with Gasteiger partial charge >= 0.3 is 12.2 Å². The van der Waals surface area contributed by atoms with E-state index in [4.69, 9.17) is 9.47 Å². The number of rotatable bonds is 3. The quantitative estimate of drug-likeness (QED) is 0.705. The first-order chi connectivity index (χ1) is 12.8. The lowest BCUT2D eigenvalue weighted by Crippen LogP contribution is -2.26. The molecule has 0 fully saturated rings. The van der Waals surface area contributed by atoms with Crippen molar-refractivity contribution in [3.63, 3.8) is 0 Å². The molecule has 3 rings (SSSR count). The van der Waals surface area contributed by atoms with Crippen LogP contribution in [0.1, 0.15) is 0 Å². The molecule has 0 aliphatic rings. The minimum Gasteiger partial charge on any atom is -0.410 e. The van der Waals surface area contributed by atoms with E-state index in [9.17, 15) is 9.59 Å². The van der Waals surface area contributed by atoms with Gasteiger partial charge < -0.3 is 19.3 Å². The Kier molecular flexibility index (Phi) is 4.93. The summed E-state index contributed by atoms with van der Waals surface area (Å²) >= 11 is 0. The molecule has 2 amide bonds. The van der Waals surface area contributed by atoms with Crippen LogP contribution in [0.25, 0.3) is 16.7 Å². The number of carbonyl (C=O) groups is 2. The average molecular weight is 369 g/mol. The first-order valence-corrected chi connectivity index (χ1v) is 8.10.